The third-order valence-electron chi connectivity index (χ3n) is 2.84. The molecule has 0 heterocycles. The molecule has 0 aromatic rings. The molecule has 4 unspecified atom stereocenters. The number of carbonyl (C=O) groups is 4. The quantitative estimate of drug-likeness (QED) is 0.136. The summed E-state index contributed by atoms with van der Waals surface area (Å²) in [6.07, 6.45) is 0. The van der Waals surface area contributed by atoms with Gasteiger partial charge >= 0.3 is 11.9 Å². The first-order valence-electron chi connectivity index (χ1n) is 7.87. The van der Waals surface area contributed by atoms with E-state index in [1.165, 1.54) is 57.0 Å². The van der Waals surface area contributed by atoms with Crippen molar-refractivity contribution in [1.82, 2.24) is 0 Å². The molecular formula is C14H28N4O6S4. The van der Waals surface area contributed by atoms with E-state index in [4.69, 9.17) is 33.1 Å². The van der Waals surface area contributed by atoms with E-state index < -0.39 is 36.1 Å². The molecule has 0 aliphatic rings. The number of aliphatic carboxylic acids is 2. The Morgan fingerprint density at radius 2 is 0.821 bits per heavy atom. The Labute approximate surface area is 179 Å². The second kappa shape index (κ2) is 17.4. The Kier molecular flexibility index (Phi) is 18.5. The van der Waals surface area contributed by atoms with Crippen molar-refractivity contribution in [1.29, 1.82) is 0 Å². The average Bonchev–Trinajstić information content (AvgIpc) is 2.61. The zero-order valence-corrected chi connectivity index (χ0v) is 18.9. The second-order valence-electron chi connectivity index (χ2n) is 5.46. The van der Waals surface area contributed by atoms with Crippen molar-refractivity contribution in [3.05, 3.63) is 0 Å². The normalized spacial score (nSPS) is 14.8. The maximum Gasteiger partial charge on any atom is 0.321 e. The number of rotatable bonds is 14. The molecule has 0 bridgehead atoms. The summed E-state index contributed by atoms with van der Waals surface area (Å²) in [5.74, 6) is -0.599. The van der Waals surface area contributed by atoms with Gasteiger partial charge in [0, 0.05) is 23.0 Å². The van der Waals surface area contributed by atoms with Crippen LogP contribution in [0.15, 0.2) is 0 Å². The third kappa shape index (κ3) is 17.6. The van der Waals surface area contributed by atoms with Crippen LogP contribution in [0.1, 0.15) is 13.8 Å². The maximum atomic E-state index is 10.8. The minimum atomic E-state index is -1.07. The van der Waals surface area contributed by atoms with Gasteiger partial charge in [-0.05, 0) is 13.8 Å². The monoisotopic (exact) mass is 476 g/mol. The van der Waals surface area contributed by atoms with Gasteiger partial charge < -0.3 is 33.1 Å². The van der Waals surface area contributed by atoms with E-state index in [1.54, 1.807) is 0 Å². The molecule has 164 valence electrons. The standard InChI is InChI=1S/C8H16N2O2S2.C6H12N2O4S2/c1-5(11)7(9)3-13-14-4-8(10)6(2)12;7-3(5(9)10)1-13-14-2-4(8)6(11)12/h7-8H,3-4,9-10H2,1-2H3;3-4H,1-2,7-8H2,(H,9,10)(H,11,12). The molecule has 0 aliphatic heterocycles. The summed E-state index contributed by atoms with van der Waals surface area (Å²) in [4.78, 5) is 42.0. The van der Waals surface area contributed by atoms with Gasteiger partial charge in [-0.1, -0.05) is 43.2 Å². The lowest BCUT2D eigenvalue weighted by atomic mass is 10.3. The lowest BCUT2D eigenvalue weighted by Crippen LogP contribution is -2.33. The fraction of sp³-hybridized carbons (Fsp3) is 0.714. The minimum absolute atomic E-state index is 0.0195. The van der Waals surface area contributed by atoms with Crippen LogP contribution in [0.5, 0.6) is 0 Å². The zero-order valence-electron chi connectivity index (χ0n) is 15.6. The number of carboxylic acids is 2. The molecule has 0 saturated carbocycles. The lowest BCUT2D eigenvalue weighted by Gasteiger charge is -2.08. The first-order valence-corrected chi connectivity index (χ1v) is 12.8. The van der Waals surface area contributed by atoms with Crippen molar-refractivity contribution in [2.24, 2.45) is 22.9 Å². The molecule has 0 amide bonds. The van der Waals surface area contributed by atoms with Crippen LogP contribution in [-0.4, -0.2) is 80.9 Å². The Hall–Kier alpha value is -0.480. The summed E-state index contributed by atoms with van der Waals surface area (Å²) in [5.41, 5.74) is 21.4. The molecule has 0 radical (unpaired) electrons. The van der Waals surface area contributed by atoms with Crippen molar-refractivity contribution in [2.75, 3.05) is 23.0 Å². The van der Waals surface area contributed by atoms with Crippen molar-refractivity contribution < 1.29 is 29.4 Å². The van der Waals surface area contributed by atoms with Crippen molar-refractivity contribution in [3.63, 3.8) is 0 Å². The van der Waals surface area contributed by atoms with Gasteiger partial charge in [0.2, 0.25) is 0 Å². The summed E-state index contributed by atoms with van der Waals surface area (Å²) < 4.78 is 0. The zero-order chi connectivity index (χ0) is 22.3. The van der Waals surface area contributed by atoms with E-state index in [0.717, 1.165) is 0 Å². The number of Topliss-reactive ketones (excluding diaryl/α,β-unsaturated/α-hetero) is 2. The highest BCUT2D eigenvalue weighted by Crippen LogP contribution is 2.22. The number of carboxylic acid groups (broad SMARTS) is 2. The fourth-order valence-electron chi connectivity index (χ4n) is 0.863. The Morgan fingerprint density at radius 1 is 0.607 bits per heavy atom. The van der Waals surface area contributed by atoms with E-state index >= 15 is 0 Å². The van der Waals surface area contributed by atoms with Gasteiger partial charge in [-0.15, -0.1) is 0 Å². The molecule has 0 aromatic heterocycles. The topological polar surface area (TPSA) is 213 Å². The minimum Gasteiger partial charge on any atom is -0.480 e. The van der Waals surface area contributed by atoms with Gasteiger partial charge in [0.05, 0.1) is 12.1 Å². The van der Waals surface area contributed by atoms with E-state index in [-0.39, 0.29) is 23.1 Å². The van der Waals surface area contributed by atoms with E-state index in [2.05, 4.69) is 0 Å². The SMILES string of the molecule is CC(=O)C(N)CSSCC(N)C(C)=O.NC(CSSCC(N)C(=O)O)C(=O)O. The molecule has 28 heavy (non-hydrogen) atoms. The van der Waals surface area contributed by atoms with E-state index in [0.29, 0.717) is 11.5 Å². The molecule has 0 aliphatic carbocycles. The summed E-state index contributed by atoms with van der Waals surface area (Å²) in [5, 5.41) is 16.8. The molecule has 0 aromatic carbocycles. The number of hydrogen-bond donors (Lipinski definition) is 6. The number of carbonyl (C=O) groups excluding carboxylic acids is 2. The predicted octanol–water partition coefficient (Wildman–Crippen LogP) is -0.608. The highest BCUT2D eigenvalue weighted by molar-refractivity contribution is 8.77. The van der Waals surface area contributed by atoms with Crippen LogP contribution in [0.25, 0.3) is 0 Å². The van der Waals surface area contributed by atoms with Gasteiger partial charge in [0.15, 0.2) is 0 Å². The van der Waals surface area contributed by atoms with Crippen molar-refractivity contribution >= 4 is 66.7 Å². The van der Waals surface area contributed by atoms with Crippen LogP contribution >= 0.6 is 43.2 Å². The molecule has 10 nitrogen and oxygen atoms in total. The first-order chi connectivity index (χ1) is 12.9. The summed E-state index contributed by atoms with van der Waals surface area (Å²) >= 11 is 0. The first kappa shape index (κ1) is 29.7. The smallest absolute Gasteiger partial charge is 0.321 e. The summed E-state index contributed by atoms with van der Waals surface area (Å²) in [6, 6.07) is -2.68. The fourth-order valence-corrected chi connectivity index (χ4v) is 5.50. The number of nitrogens with two attached hydrogens (primary N) is 4. The van der Waals surface area contributed by atoms with Gasteiger partial charge in [0.25, 0.3) is 0 Å². The lowest BCUT2D eigenvalue weighted by molar-refractivity contribution is -0.138. The van der Waals surface area contributed by atoms with E-state index in [1.807, 2.05) is 0 Å². The van der Waals surface area contributed by atoms with E-state index in [9.17, 15) is 19.2 Å². The molecule has 14 heteroatoms. The third-order valence-corrected chi connectivity index (χ3v) is 7.78. The Morgan fingerprint density at radius 3 is 1.00 bits per heavy atom. The number of hydrogen-bond acceptors (Lipinski definition) is 12. The van der Waals surface area contributed by atoms with Gasteiger partial charge in [-0.25, -0.2) is 0 Å². The highest BCUT2D eigenvalue weighted by Gasteiger charge is 2.14. The van der Waals surface area contributed by atoms with Crippen LogP contribution in [-0.2, 0) is 19.2 Å². The largest absolute Gasteiger partial charge is 0.480 e. The van der Waals surface area contributed by atoms with Crippen LogP contribution in [0.2, 0.25) is 0 Å². The maximum absolute atomic E-state index is 10.8. The predicted molar refractivity (Wildman–Crippen MR) is 118 cm³/mol. The Balaban J connectivity index is 0. The van der Waals surface area contributed by atoms with Crippen LogP contribution in [0.3, 0.4) is 0 Å². The molecule has 4 atom stereocenters. The van der Waals surface area contributed by atoms with Gasteiger partial charge in [-0.3, -0.25) is 19.2 Å². The summed E-state index contributed by atoms with van der Waals surface area (Å²) in [6.45, 7) is 2.94. The molecule has 10 N–H and O–H groups in total. The Bertz CT molecular complexity index is 426. The molecule has 0 rings (SSSR count). The number of ketones is 2. The van der Waals surface area contributed by atoms with Gasteiger partial charge in [-0.2, -0.15) is 0 Å². The molecule has 0 fully saturated rings. The molecule has 0 saturated heterocycles. The van der Waals surface area contributed by atoms with Crippen molar-refractivity contribution in [3.8, 4) is 0 Å². The average molecular weight is 477 g/mol. The molecule has 0 spiro atoms. The summed E-state index contributed by atoms with van der Waals surface area (Å²) in [7, 11) is 5.35. The van der Waals surface area contributed by atoms with Crippen molar-refractivity contribution in [2.45, 2.75) is 38.0 Å². The van der Waals surface area contributed by atoms with Gasteiger partial charge in [0.1, 0.15) is 23.7 Å². The molecular weight excluding hydrogens is 448 g/mol. The highest BCUT2D eigenvalue weighted by atomic mass is 33.1. The van der Waals surface area contributed by atoms with Crippen LogP contribution in [0.4, 0.5) is 0 Å². The van der Waals surface area contributed by atoms with Crippen LogP contribution in [0, 0.1) is 0 Å². The van der Waals surface area contributed by atoms with Crippen LogP contribution < -0.4 is 22.9 Å². The second-order valence-corrected chi connectivity index (χ2v) is 10.6.